The summed E-state index contributed by atoms with van der Waals surface area (Å²) in [6.45, 7) is 1.74. The van der Waals surface area contributed by atoms with Crippen LogP contribution in [0, 0.1) is 11.6 Å². The maximum absolute atomic E-state index is 13.9. The van der Waals surface area contributed by atoms with Crippen molar-refractivity contribution >= 4 is 56.8 Å². The van der Waals surface area contributed by atoms with E-state index in [2.05, 4.69) is 36.8 Å². The summed E-state index contributed by atoms with van der Waals surface area (Å²) < 4.78 is 28.8. The van der Waals surface area contributed by atoms with Crippen molar-refractivity contribution in [1.29, 1.82) is 0 Å². The molecule has 32 heavy (non-hydrogen) atoms. The smallest absolute Gasteiger partial charge is 0.253 e. The summed E-state index contributed by atoms with van der Waals surface area (Å²) in [4.78, 5) is 24.7. The fourth-order valence-electron chi connectivity index (χ4n) is 2.78. The van der Waals surface area contributed by atoms with Gasteiger partial charge in [-0.3, -0.25) is 9.59 Å². The van der Waals surface area contributed by atoms with Crippen LogP contribution >= 0.6 is 39.3 Å². The van der Waals surface area contributed by atoms with Crippen molar-refractivity contribution in [3.05, 3.63) is 68.9 Å². The lowest BCUT2D eigenvalue weighted by atomic mass is 10.2. The lowest BCUT2D eigenvalue weighted by Gasteiger charge is -2.14. The first-order chi connectivity index (χ1) is 15.2. The van der Waals surface area contributed by atoms with E-state index in [1.54, 1.807) is 42.8 Å². The van der Waals surface area contributed by atoms with Crippen molar-refractivity contribution in [2.75, 3.05) is 11.1 Å². The largest absolute Gasteiger partial charge is 0.342 e. The minimum atomic E-state index is -0.890. The molecule has 0 saturated heterocycles. The molecule has 3 aromatic rings. The van der Waals surface area contributed by atoms with Crippen molar-refractivity contribution in [1.82, 2.24) is 20.1 Å². The Balaban J connectivity index is 1.61. The van der Waals surface area contributed by atoms with E-state index < -0.39 is 23.6 Å². The number of rotatable bonds is 7. The van der Waals surface area contributed by atoms with Gasteiger partial charge in [-0.05, 0) is 41.1 Å². The molecule has 0 bridgehead atoms. The number of hydrogen-bond donors (Lipinski definition) is 2. The number of carbonyl (C=O) groups is 2. The predicted molar refractivity (Wildman–Crippen MR) is 122 cm³/mol. The average molecular weight is 545 g/mol. The van der Waals surface area contributed by atoms with Crippen LogP contribution in [0.15, 0.2) is 46.0 Å². The Morgan fingerprint density at radius 3 is 2.66 bits per heavy atom. The van der Waals surface area contributed by atoms with Crippen LogP contribution in [0.4, 0.5) is 14.5 Å². The maximum Gasteiger partial charge on any atom is 0.253 e. The summed E-state index contributed by atoms with van der Waals surface area (Å²) in [6.07, 6.45) is 0. The Hall–Kier alpha value is -2.50. The molecule has 0 aliphatic rings. The minimum absolute atomic E-state index is 0.0877. The number of aromatic nitrogens is 3. The standard InChI is InChI=1S/C20H17BrClF2N5O2S/c1-10(25-19(31)12-5-3-4-6-14(12)22)18-27-28-20(29(18)2)32-9-16(30)26-17-13(21)7-11(23)8-15(17)24/h3-8,10H,9H2,1-2H3,(H,25,31)(H,26,30)/t10-/m0/s1. The molecule has 168 valence electrons. The zero-order valence-electron chi connectivity index (χ0n) is 16.8. The van der Waals surface area contributed by atoms with Gasteiger partial charge in [0, 0.05) is 17.6 Å². The number of anilines is 1. The van der Waals surface area contributed by atoms with Gasteiger partial charge in [0.1, 0.15) is 5.82 Å². The van der Waals surface area contributed by atoms with Crippen LogP contribution in [0.5, 0.6) is 0 Å². The number of hydrogen-bond acceptors (Lipinski definition) is 5. The Morgan fingerprint density at radius 1 is 1.25 bits per heavy atom. The highest BCUT2D eigenvalue weighted by molar-refractivity contribution is 9.10. The maximum atomic E-state index is 13.9. The van der Waals surface area contributed by atoms with Gasteiger partial charge in [-0.1, -0.05) is 35.5 Å². The van der Waals surface area contributed by atoms with E-state index in [1.807, 2.05) is 0 Å². The SMILES string of the molecule is C[C@H](NC(=O)c1ccccc1Cl)c1nnc(SCC(=O)Nc2c(F)cc(F)cc2Br)n1C. The van der Waals surface area contributed by atoms with Gasteiger partial charge in [0.15, 0.2) is 16.8 Å². The van der Waals surface area contributed by atoms with Gasteiger partial charge in [0.2, 0.25) is 5.91 Å². The van der Waals surface area contributed by atoms with Crippen molar-refractivity contribution < 1.29 is 18.4 Å². The van der Waals surface area contributed by atoms with Crippen molar-refractivity contribution in [3.63, 3.8) is 0 Å². The second-order valence-electron chi connectivity index (χ2n) is 6.66. The van der Waals surface area contributed by atoms with Crippen LogP contribution in [-0.4, -0.2) is 32.3 Å². The molecule has 12 heteroatoms. The molecule has 1 atom stereocenters. The molecule has 0 fully saturated rings. The highest BCUT2D eigenvalue weighted by Crippen LogP contribution is 2.27. The Labute approximate surface area is 200 Å². The Morgan fingerprint density at radius 2 is 1.97 bits per heavy atom. The van der Waals surface area contributed by atoms with Crippen LogP contribution in [0.3, 0.4) is 0 Å². The molecule has 7 nitrogen and oxygen atoms in total. The fourth-order valence-corrected chi connectivity index (χ4v) is 4.23. The minimum Gasteiger partial charge on any atom is -0.342 e. The van der Waals surface area contributed by atoms with E-state index in [0.29, 0.717) is 27.6 Å². The van der Waals surface area contributed by atoms with E-state index in [0.717, 1.165) is 17.8 Å². The first-order valence-corrected chi connectivity index (χ1v) is 11.3. The third-order valence-corrected chi connectivity index (χ3v) is 6.30. The predicted octanol–water partition coefficient (Wildman–Crippen LogP) is 4.73. The lowest BCUT2D eigenvalue weighted by Crippen LogP contribution is -2.28. The zero-order valence-corrected chi connectivity index (χ0v) is 20.0. The number of amides is 2. The highest BCUT2D eigenvalue weighted by Gasteiger charge is 2.20. The van der Waals surface area contributed by atoms with Crippen LogP contribution < -0.4 is 10.6 Å². The summed E-state index contributed by atoms with van der Waals surface area (Å²) in [5.74, 6) is -2.13. The van der Waals surface area contributed by atoms with Gasteiger partial charge in [0.05, 0.1) is 28.1 Å². The molecule has 3 rings (SSSR count). The molecule has 0 radical (unpaired) electrons. The summed E-state index contributed by atoms with van der Waals surface area (Å²) >= 11 is 10.2. The number of nitrogens with one attached hydrogen (secondary N) is 2. The third-order valence-electron chi connectivity index (χ3n) is 4.33. The third kappa shape index (κ3) is 5.64. The molecule has 2 aromatic carbocycles. The number of thioether (sulfide) groups is 1. The molecule has 2 N–H and O–H groups in total. The molecule has 1 heterocycles. The molecular formula is C20H17BrClF2N5O2S. The number of halogens is 4. The van der Waals surface area contributed by atoms with E-state index in [4.69, 9.17) is 11.6 Å². The Bertz CT molecular complexity index is 1150. The topological polar surface area (TPSA) is 88.9 Å². The normalized spacial score (nSPS) is 11.8. The van der Waals surface area contributed by atoms with Gasteiger partial charge in [-0.15, -0.1) is 10.2 Å². The monoisotopic (exact) mass is 543 g/mol. The van der Waals surface area contributed by atoms with Crippen LogP contribution in [0.2, 0.25) is 5.02 Å². The van der Waals surface area contributed by atoms with Gasteiger partial charge < -0.3 is 15.2 Å². The first-order valence-electron chi connectivity index (χ1n) is 9.19. The first kappa shape index (κ1) is 24.1. The van der Waals surface area contributed by atoms with Gasteiger partial charge in [-0.25, -0.2) is 8.78 Å². The van der Waals surface area contributed by atoms with Crippen molar-refractivity contribution in [2.24, 2.45) is 7.05 Å². The average Bonchev–Trinajstić information content (AvgIpc) is 3.09. The Kier molecular flexibility index (Phi) is 7.86. The molecule has 0 aliphatic heterocycles. The number of nitrogens with zero attached hydrogens (tertiary/aromatic N) is 3. The summed E-state index contributed by atoms with van der Waals surface area (Å²) in [7, 11) is 1.70. The van der Waals surface area contributed by atoms with Gasteiger partial charge >= 0.3 is 0 Å². The van der Waals surface area contributed by atoms with Gasteiger partial charge in [0.25, 0.3) is 5.91 Å². The molecule has 0 aliphatic carbocycles. The zero-order chi connectivity index (χ0) is 23.4. The second-order valence-corrected chi connectivity index (χ2v) is 8.86. The molecular weight excluding hydrogens is 528 g/mol. The molecule has 2 amide bonds. The molecule has 0 unspecified atom stereocenters. The summed E-state index contributed by atoms with van der Waals surface area (Å²) in [6, 6.07) is 7.93. The van der Waals surface area contributed by atoms with Crippen LogP contribution in [0.25, 0.3) is 0 Å². The van der Waals surface area contributed by atoms with E-state index in [-0.39, 0.29) is 21.8 Å². The fraction of sp³-hybridized carbons (Fsp3) is 0.200. The summed E-state index contributed by atoms with van der Waals surface area (Å²) in [5, 5.41) is 14.1. The van der Waals surface area contributed by atoms with Crippen LogP contribution in [-0.2, 0) is 11.8 Å². The van der Waals surface area contributed by atoms with Gasteiger partial charge in [-0.2, -0.15) is 0 Å². The second kappa shape index (κ2) is 10.4. The quantitative estimate of drug-likeness (QED) is 0.420. The van der Waals surface area contributed by atoms with E-state index >= 15 is 0 Å². The molecule has 0 saturated carbocycles. The van der Waals surface area contributed by atoms with Crippen molar-refractivity contribution in [3.8, 4) is 0 Å². The molecule has 0 spiro atoms. The number of carbonyl (C=O) groups excluding carboxylic acids is 2. The van der Waals surface area contributed by atoms with E-state index in [9.17, 15) is 18.4 Å². The van der Waals surface area contributed by atoms with Crippen LogP contribution in [0.1, 0.15) is 29.1 Å². The lowest BCUT2D eigenvalue weighted by molar-refractivity contribution is -0.113. The highest BCUT2D eigenvalue weighted by atomic mass is 79.9. The number of benzene rings is 2. The van der Waals surface area contributed by atoms with Crippen molar-refractivity contribution in [2.45, 2.75) is 18.1 Å². The van der Waals surface area contributed by atoms with E-state index in [1.165, 1.54) is 0 Å². The molecule has 1 aromatic heterocycles. The summed E-state index contributed by atoms with van der Waals surface area (Å²) in [5.41, 5.74) is 0.195.